The van der Waals surface area contributed by atoms with Crippen molar-refractivity contribution in [2.24, 2.45) is 0 Å². The van der Waals surface area contributed by atoms with E-state index >= 15 is 0 Å². The first-order valence-corrected chi connectivity index (χ1v) is 11.2. The summed E-state index contributed by atoms with van der Waals surface area (Å²) in [4.78, 5) is 14.7. The minimum absolute atomic E-state index is 0. The molecule has 2 aliphatic rings. The van der Waals surface area contributed by atoms with Gasteiger partial charge in [-0.1, -0.05) is 17.7 Å². The summed E-state index contributed by atoms with van der Waals surface area (Å²) in [6.07, 6.45) is 4.55. The largest absolute Gasteiger partial charge is 0.343 e. The van der Waals surface area contributed by atoms with Gasteiger partial charge in [0.05, 0.1) is 4.90 Å². The molecule has 0 spiro atoms. The van der Waals surface area contributed by atoms with Crippen molar-refractivity contribution >= 4 is 28.3 Å². The van der Waals surface area contributed by atoms with Gasteiger partial charge in [0.2, 0.25) is 15.9 Å². The number of carbonyl (C=O) groups excluding carboxylic acids is 1. The standard InChI is InChI=1S/C20H31N3O3S.ClH/c1-13-9-14(2)20(15(3)10-13)27(25,26)21-8-7-19(24)23(4)18-11-16-5-6-17(12-18)22-16;/h9-10,16-18,21-22H,5-8,11-12H2,1-4H3;1H. The smallest absolute Gasteiger partial charge is 0.241 e. The fourth-order valence-electron chi connectivity index (χ4n) is 4.68. The Morgan fingerprint density at radius 1 is 1.14 bits per heavy atom. The van der Waals surface area contributed by atoms with Gasteiger partial charge in [-0.2, -0.15) is 0 Å². The van der Waals surface area contributed by atoms with Gasteiger partial charge in [0.15, 0.2) is 0 Å². The number of amides is 1. The Kier molecular flexibility index (Phi) is 7.53. The van der Waals surface area contributed by atoms with Crippen molar-refractivity contribution < 1.29 is 13.2 Å². The normalized spacial score (nSPS) is 23.9. The van der Waals surface area contributed by atoms with Crippen LogP contribution in [0.1, 0.15) is 48.8 Å². The number of halogens is 1. The topological polar surface area (TPSA) is 78.5 Å². The number of sulfonamides is 1. The van der Waals surface area contributed by atoms with E-state index in [2.05, 4.69) is 10.0 Å². The molecular formula is C20H32ClN3O3S. The number of benzene rings is 1. The van der Waals surface area contributed by atoms with Crippen LogP contribution in [-0.4, -0.2) is 50.9 Å². The Labute approximate surface area is 174 Å². The van der Waals surface area contributed by atoms with E-state index in [0.717, 1.165) is 29.5 Å². The van der Waals surface area contributed by atoms with Crippen molar-refractivity contribution in [1.29, 1.82) is 0 Å². The quantitative estimate of drug-likeness (QED) is 0.728. The Morgan fingerprint density at radius 2 is 1.68 bits per heavy atom. The van der Waals surface area contributed by atoms with E-state index in [1.807, 2.05) is 31.0 Å². The van der Waals surface area contributed by atoms with Gasteiger partial charge in [0, 0.05) is 38.1 Å². The van der Waals surface area contributed by atoms with Crippen molar-refractivity contribution in [2.75, 3.05) is 13.6 Å². The molecule has 2 fully saturated rings. The lowest BCUT2D eigenvalue weighted by molar-refractivity contribution is -0.132. The minimum atomic E-state index is -3.62. The number of carbonyl (C=O) groups is 1. The molecule has 8 heteroatoms. The molecule has 2 heterocycles. The molecule has 28 heavy (non-hydrogen) atoms. The van der Waals surface area contributed by atoms with Crippen molar-refractivity contribution in [1.82, 2.24) is 14.9 Å². The maximum atomic E-state index is 12.7. The molecule has 2 aliphatic heterocycles. The van der Waals surface area contributed by atoms with E-state index in [0.29, 0.717) is 17.0 Å². The van der Waals surface area contributed by atoms with Gasteiger partial charge in [-0.15, -0.1) is 12.4 Å². The molecule has 0 aliphatic carbocycles. The zero-order chi connectivity index (χ0) is 19.8. The first-order chi connectivity index (χ1) is 12.7. The van der Waals surface area contributed by atoms with Crippen molar-refractivity contribution in [3.05, 3.63) is 28.8 Å². The highest BCUT2D eigenvalue weighted by Gasteiger charge is 2.36. The second kappa shape index (κ2) is 9.11. The fraction of sp³-hybridized carbons (Fsp3) is 0.650. The van der Waals surface area contributed by atoms with Gasteiger partial charge < -0.3 is 10.2 Å². The monoisotopic (exact) mass is 429 g/mol. The lowest BCUT2D eigenvalue weighted by Crippen LogP contribution is -2.49. The molecule has 0 radical (unpaired) electrons. The molecule has 6 nitrogen and oxygen atoms in total. The summed E-state index contributed by atoms with van der Waals surface area (Å²) in [5, 5.41) is 3.58. The lowest BCUT2D eigenvalue weighted by atomic mass is 9.98. The summed E-state index contributed by atoms with van der Waals surface area (Å²) in [5.41, 5.74) is 2.50. The van der Waals surface area contributed by atoms with Gasteiger partial charge in [0.25, 0.3) is 0 Å². The molecule has 1 aromatic rings. The van der Waals surface area contributed by atoms with Crippen LogP contribution in [-0.2, 0) is 14.8 Å². The fourth-order valence-corrected chi connectivity index (χ4v) is 6.16. The van der Waals surface area contributed by atoms with Crippen LogP contribution in [0.25, 0.3) is 0 Å². The van der Waals surface area contributed by atoms with E-state index in [1.54, 1.807) is 13.8 Å². The maximum absolute atomic E-state index is 12.7. The number of nitrogens with one attached hydrogen (secondary N) is 2. The van der Waals surface area contributed by atoms with Crippen molar-refractivity contribution in [3.63, 3.8) is 0 Å². The highest BCUT2D eigenvalue weighted by molar-refractivity contribution is 7.89. The molecule has 1 aromatic carbocycles. The SMILES string of the molecule is Cc1cc(C)c(S(=O)(=O)NCCC(=O)N(C)C2CC3CCC(C2)N3)c(C)c1.Cl. The molecule has 158 valence electrons. The second-order valence-electron chi connectivity index (χ2n) is 8.14. The van der Waals surface area contributed by atoms with E-state index < -0.39 is 10.0 Å². The molecule has 3 rings (SSSR count). The summed E-state index contributed by atoms with van der Waals surface area (Å²) >= 11 is 0. The third-order valence-corrected chi connectivity index (χ3v) is 7.66. The second-order valence-corrected chi connectivity index (χ2v) is 9.85. The van der Waals surface area contributed by atoms with E-state index in [9.17, 15) is 13.2 Å². The number of fused-ring (bicyclic) bond motifs is 2. The van der Waals surface area contributed by atoms with Crippen molar-refractivity contribution in [2.45, 2.75) is 75.9 Å². The predicted octanol–water partition coefficient (Wildman–Crippen LogP) is 2.44. The average molecular weight is 430 g/mol. The number of aryl methyl sites for hydroxylation is 3. The molecule has 2 unspecified atom stereocenters. The Balaban J connectivity index is 0.00000280. The Morgan fingerprint density at radius 3 is 2.21 bits per heavy atom. The zero-order valence-corrected chi connectivity index (χ0v) is 18.8. The minimum Gasteiger partial charge on any atom is -0.343 e. The summed E-state index contributed by atoms with van der Waals surface area (Å²) in [5.74, 6) is 0.00125. The Bertz CT molecular complexity index is 793. The number of piperidine rings is 1. The van der Waals surface area contributed by atoms with Crippen molar-refractivity contribution in [3.8, 4) is 0 Å². The molecular weight excluding hydrogens is 398 g/mol. The number of rotatable bonds is 6. The molecule has 2 atom stereocenters. The number of hydrogen-bond donors (Lipinski definition) is 2. The van der Waals surface area contributed by atoms with Crippen LogP contribution in [0.2, 0.25) is 0 Å². The molecule has 2 N–H and O–H groups in total. The van der Waals surface area contributed by atoms with Crippen LogP contribution in [0.4, 0.5) is 0 Å². The van der Waals surface area contributed by atoms with E-state index in [1.165, 1.54) is 12.8 Å². The summed E-state index contributed by atoms with van der Waals surface area (Å²) in [7, 11) is -1.78. The Hall–Kier alpha value is -1.15. The van der Waals surface area contributed by atoms with Crippen LogP contribution < -0.4 is 10.0 Å². The molecule has 2 bridgehead atoms. The van der Waals surface area contributed by atoms with E-state index in [-0.39, 0.29) is 37.3 Å². The van der Waals surface area contributed by atoms with E-state index in [4.69, 9.17) is 0 Å². The molecule has 0 saturated carbocycles. The van der Waals surface area contributed by atoms with Gasteiger partial charge in [-0.3, -0.25) is 4.79 Å². The third-order valence-electron chi connectivity index (χ3n) is 5.89. The third kappa shape index (κ3) is 5.06. The van der Waals surface area contributed by atoms with Crippen LogP contribution in [0.15, 0.2) is 17.0 Å². The maximum Gasteiger partial charge on any atom is 0.241 e. The van der Waals surface area contributed by atoms with Gasteiger partial charge in [-0.25, -0.2) is 13.1 Å². The van der Waals surface area contributed by atoms with Gasteiger partial charge in [-0.05, 0) is 57.6 Å². The first-order valence-electron chi connectivity index (χ1n) is 9.76. The van der Waals surface area contributed by atoms with Crippen LogP contribution >= 0.6 is 12.4 Å². The number of hydrogen-bond acceptors (Lipinski definition) is 4. The summed E-state index contributed by atoms with van der Waals surface area (Å²) in [6, 6.07) is 5.04. The van der Waals surface area contributed by atoms with Gasteiger partial charge >= 0.3 is 0 Å². The summed E-state index contributed by atoms with van der Waals surface area (Å²) < 4.78 is 28.0. The van der Waals surface area contributed by atoms with Crippen LogP contribution in [0, 0.1) is 20.8 Å². The molecule has 0 aromatic heterocycles. The zero-order valence-electron chi connectivity index (χ0n) is 17.1. The summed E-state index contributed by atoms with van der Waals surface area (Å²) in [6.45, 7) is 5.68. The molecule has 2 saturated heterocycles. The van der Waals surface area contributed by atoms with Crippen LogP contribution in [0.5, 0.6) is 0 Å². The predicted molar refractivity (Wildman–Crippen MR) is 113 cm³/mol. The molecule has 1 amide bonds. The number of nitrogens with zero attached hydrogens (tertiary/aromatic N) is 1. The van der Waals surface area contributed by atoms with Crippen LogP contribution in [0.3, 0.4) is 0 Å². The van der Waals surface area contributed by atoms with Gasteiger partial charge in [0.1, 0.15) is 0 Å². The highest BCUT2D eigenvalue weighted by Crippen LogP contribution is 2.29. The average Bonchev–Trinajstić information content (AvgIpc) is 2.90. The first kappa shape index (κ1) is 23.1. The highest BCUT2D eigenvalue weighted by atomic mass is 35.5. The lowest BCUT2D eigenvalue weighted by Gasteiger charge is -2.35.